The molecule has 1 atom stereocenters. The molecule has 5 nitrogen and oxygen atoms in total. The zero-order valence-electron chi connectivity index (χ0n) is 11.3. The second-order valence-corrected chi connectivity index (χ2v) is 4.93. The molecular weight excluding hydrogens is 230 g/mol. The Labute approximate surface area is 108 Å². The van der Waals surface area contributed by atoms with E-state index in [9.17, 15) is 0 Å². The third-order valence-electron chi connectivity index (χ3n) is 3.41. The predicted octanol–water partition coefficient (Wildman–Crippen LogP) is 1.89. The first-order valence-corrected chi connectivity index (χ1v) is 6.93. The Bertz CT molecular complexity index is 348. The highest BCUT2D eigenvalue weighted by Gasteiger charge is 2.21. The molecule has 1 saturated heterocycles. The van der Waals surface area contributed by atoms with Gasteiger partial charge >= 0.3 is 0 Å². The average molecular weight is 253 g/mol. The SMILES string of the molecule is CCNC(C)CCc1nc(C2CCOCC2)no1. The fourth-order valence-corrected chi connectivity index (χ4v) is 2.28. The van der Waals surface area contributed by atoms with Crippen LogP contribution in [0.4, 0.5) is 0 Å². The molecule has 1 aliphatic rings. The van der Waals surface area contributed by atoms with E-state index in [4.69, 9.17) is 9.26 Å². The summed E-state index contributed by atoms with van der Waals surface area (Å²) in [6.07, 6.45) is 3.90. The Morgan fingerprint density at radius 1 is 1.39 bits per heavy atom. The van der Waals surface area contributed by atoms with Crippen molar-refractivity contribution < 1.29 is 9.26 Å². The van der Waals surface area contributed by atoms with Crippen LogP contribution in [-0.2, 0) is 11.2 Å². The number of nitrogens with zero attached hydrogens (tertiary/aromatic N) is 2. The van der Waals surface area contributed by atoms with E-state index in [2.05, 4.69) is 29.3 Å². The van der Waals surface area contributed by atoms with Crippen LogP contribution in [-0.4, -0.2) is 35.9 Å². The Balaban J connectivity index is 1.82. The molecule has 0 spiro atoms. The van der Waals surface area contributed by atoms with E-state index in [0.29, 0.717) is 12.0 Å². The molecule has 0 amide bonds. The van der Waals surface area contributed by atoms with Crippen LogP contribution in [0.1, 0.15) is 50.7 Å². The van der Waals surface area contributed by atoms with Crippen molar-refractivity contribution in [2.24, 2.45) is 0 Å². The van der Waals surface area contributed by atoms with Gasteiger partial charge in [-0.1, -0.05) is 12.1 Å². The van der Waals surface area contributed by atoms with Crippen molar-refractivity contribution in [3.63, 3.8) is 0 Å². The molecule has 2 rings (SSSR count). The van der Waals surface area contributed by atoms with Gasteiger partial charge in [0, 0.05) is 31.6 Å². The molecule has 102 valence electrons. The van der Waals surface area contributed by atoms with Crippen LogP contribution in [0.25, 0.3) is 0 Å². The lowest BCUT2D eigenvalue weighted by molar-refractivity contribution is 0.0830. The Hall–Kier alpha value is -0.940. The van der Waals surface area contributed by atoms with E-state index in [-0.39, 0.29) is 0 Å². The first kappa shape index (κ1) is 13.5. The molecule has 1 fully saturated rings. The van der Waals surface area contributed by atoms with Gasteiger partial charge in [-0.15, -0.1) is 0 Å². The number of rotatable bonds is 6. The molecule has 1 aromatic rings. The van der Waals surface area contributed by atoms with Crippen molar-refractivity contribution in [1.29, 1.82) is 0 Å². The topological polar surface area (TPSA) is 60.2 Å². The van der Waals surface area contributed by atoms with Gasteiger partial charge in [-0.3, -0.25) is 0 Å². The Morgan fingerprint density at radius 2 is 2.17 bits per heavy atom. The fourth-order valence-electron chi connectivity index (χ4n) is 2.28. The van der Waals surface area contributed by atoms with Crippen LogP contribution >= 0.6 is 0 Å². The minimum absolute atomic E-state index is 0.419. The molecule has 18 heavy (non-hydrogen) atoms. The lowest BCUT2D eigenvalue weighted by Gasteiger charge is -2.18. The molecule has 1 unspecified atom stereocenters. The Morgan fingerprint density at radius 3 is 2.89 bits per heavy atom. The van der Waals surface area contributed by atoms with Gasteiger partial charge in [-0.2, -0.15) is 4.98 Å². The van der Waals surface area contributed by atoms with Crippen molar-refractivity contribution in [3.8, 4) is 0 Å². The summed E-state index contributed by atoms with van der Waals surface area (Å²) in [7, 11) is 0. The maximum Gasteiger partial charge on any atom is 0.226 e. The minimum Gasteiger partial charge on any atom is -0.381 e. The van der Waals surface area contributed by atoms with Gasteiger partial charge in [-0.05, 0) is 32.7 Å². The number of hydrogen-bond donors (Lipinski definition) is 1. The second kappa shape index (κ2) is 6.85. The molecule has 1 aromatic heterocycles. The van der Waals surface area contributed by atoms with Gasteiger partial charge in [0.15, 0.2) is 5.82 Å². The third kappa shape index (κ3) is 3.78. The standard InChI is InChI=1S/C13H23N3O2/c1-3-14-10(2)4-5-12-15-13(16-18-12)11-6-8-17-9-7-11/h10-11,14H,3-9H2,1-2H3. The molecular formula is C13H23N3O2. The van der Waals surface area contributed by atoms with Gasteiger partial charge in [0.05, 0.1) is 0 Å². The largest absolute Gasteiger partial charge is 0.381 e. The summed E-state index contributed by atoms with van der Waals surface area (Å²) in [5.74, 6) is 2.05. The summed E-state index contributed by atoms with van der Waals surface area (Å²) in [6.45, 7) is 6.92. The quantitative estimate of drug-likeness (QED) is 0.839. The van der Waals surface area contributed by atoms with Crippen molar-refractivity contribution in [3.05, 3.63) is 11.7 Å². The molecule has 0 aromatic carbocycles. The maximum absolute atomic E-state index is 5.34. The lowest BCUT2D eigenvalue weighted by atomic mass is 10.00. The van der Waals surface area contributed by atoms with Gasteiger partial charge in [0.1, 0.15) is 0 Å². The molecule has 0 bridgehead atoms. The average Bonchev–Trinajstić information content (AvgIpc) is 2.87. The molecule has 1 aliphatic heterocycles. The predicted molar refractivity (Wildman–Crippen MR) is 68.6 cm³/mol. The molecule has 5 heteroatoms. The first-order valence-electron chi connectivity index (χ1n) is 6.93. The van der Waals surface area contributed by atoms with Crippen LogP contribution in [0.15, 0.2) is 4.52 Å². The van der Waals surface area contributed by atoms with Crippen molar-refractivity contribution in [2.45, 2.75) is 51.5 Å². The molecule has 0 saturated carbocycles. The van der Waals surface area contributed by atoms with Crippen LogP contribution in [0, 0.1) is 0 Å². The summed E-state index contributed by atoms with van der Waals surface area (Å²) >= 11 is 0. The minimum atomic E-state index is 0.419. The molecule has 0 radical (unpaired) electrons. The van der Waals surface area contributed by atoms with Crippen LogP contribution in [0.2, 0.25) is 0 Å². The Kier molecular flexibility index (Phi) is 5.13. The second-order valence-electron chi connectivity index (χ2n) is 4.93. The van der Waals surface area contributed by atoms with Crippen LogP contribution in [0.3, 0.4) is 0 Å². The summed E-state index contributed by atoms with van der Waals surface area (Å²) in [5, 5.41) is 7.48. The lowest BCUT2D eigenvalue weighted by Crippen LogP contribution is -2.25. The summed E-state index contributed by atoms with van der Waals surface area (Å²) < 4.78 is 10.7. The normalized spacial score (nSPS) is 19.0. The number of hydrogen-bond acceptors (Lipinski definition) is 5. The molecule has 0 aliphatic carbocycles. The van der Waals surface area contributed by atoms with E-state index in [1.165, 1.54) is 0 Å². The summed E-state index contributed by atoms with van der Waals surface area (Å²) in [4.78, 5) is 4.50. The zero-order chi connectivity index (χ0) is 12.8. The van der Waals surface area contributed by atoms with Crippen LogP contribution < -0.4 is 5.32 Å². The first-order chi connectivity index (χ1) is 8.79. The smallest absolute Gasteiger partial charge is 0.226 e. The third-order valence-corrected chi connectivity index (χ3v) is 3.41. The van der Waals surface area contributed by atoms with E-state index in [1.807, 2.05) is 0 Å². The number of nitrogens with one attached hydrogen (secondary N) is 1. The van der Waals surface area contributed by atoms with Gasteiger partial charge in [0.2, 0.25) is 5.89 Å². The summed E-state index contributed by atoms with van der Waals surface area (Å²) in [5.41, 5.74) is 0. The van der Waals surface area contributed by atoms with Crippen molar-refractivity contribution in [1.82, 2.24) is 15.5 Å². The van der Waals surface area contributed by atoms with E-state index in [1.54, 1.807) is 0 Å². The highest BCUT2D eigenvalue weighted by atomic mass is 16.5. The van der Waals surface area contributed by atoms with Gasteiger partial charge in [0.25, 0.3) is 0 Å². The molecule has 1 N–H and O–H groups in total. The highest BCUT2D eigenvalue weighted by Crippen LogP contribution is 2.24. The zero-order valence-corrected chi connectivity index (χ0v) is 11.3. The monoisotopic (exact) mass is 253 g/mol. The van der Waals surface area contributed by atoms with Crippen LogP contribution in [0.5, 0.6) is 0 Å². The number of aryl methyl sites for hydroxylation is 1. The van der Waals surface area contributed by atoms with E-state index >= 15 is 0 Å². The van der Waals surface area contributed by atoms with E-state index in [0.717, 1.165) is 57.2 Å². The number of ether oxygens (including phenoxy) is 1. The van der Waals surface area contributed by atoms with E-state index < -0.39 is 0 Å². The van der Waals surface area contributed by atoms with Crippen molar-refractivity contribution in [2.75, 3.05) is 19.8 Å². The van der Waals surface area contributed by atoms with Gasteiger partial charge in [-0.25, -0.2) is 0 Å². The number of aromatic nitrogens is 2. The summed E-state index contributed by atoms with van der Waals surface area (Å²) in [6, 6.07) is 0.494. The maximum atomic E-state index is 5.34. The fraction of sp³-hybridized carbons (Fsp3) is 0.846. The van der Waals surface area contributed by atoms with Gasteiger partial charge < -0.3 is 14.6 Å². The molecule has 2 heterocycles. The highest BCUT2D eigenvalue weighted by molar-refractivity contribution is 4.96. The van der Waals surface area contributed by atoms with Crippen molar-refractivity contribution >= 4 is 0 Å².